The minimum Gasteiger partial charge on any atom is -0.397 e. The number of nitrogens with two attached hydrogens (primary N) is 1. The van der Waals surface area contributed by atoms with Crippen LogP contribution in [0.2, 0.25) is 0 Å². The number of carbonyl (C=O) groups excluding carboxylic acids is 1. The van der Waals surface area contributed by atoms with Crippen molar-refractivity contribution < 1.29 is 9.18 Å². The lowest BCUT2D eigenvalue weighted by Gasteiger charge is -2.16. The first-order valence-electron chi connectivity index (χ1n) is 7.73. The van der Waals surface area contributed by atoms with E-state index in [9.17, 15) is 9.18 Å². The van der Waals surface area contributed by atoms with Crippen molar-refractivity contribution in [3.05, 3.63) is 36.3 Å². The zero-order chi connectivity index (χ0) is 17.4. The molecule has 1 aliphatic heterocycles. The van der Waals surface area contributed by atoms with Crippen molar-refractivity contribution in [3.63, 3.8) is 0 Å². The molecule has 3 N–H and O–H groups in total. The van der Waals surface area contributed by atoms with E-state index in [2.05, 4.69) is 25.6 Å². The largest absolute Gasteiger partial charge is 0.397 e. The number of hydrogen-bond donors (Lipinski definition) is 2. The van der Waals surface area contributed by atoms with Crippen molar-refractivity contribution in [2.45, 2.75) is 12.6 Å². The highest BCUT2D eigenvalue weighted by molar-refractivity contribution is 6.03. The molecule has 1 atom stereocenters. The van der Waals surface area contributed by atoms with Gasteiger partial charge in [-0.05, 0) is 18.6 Å². The van der Waals surface area contributed by atoms with Crippen LogP contribution in [0.15, 0.2) is 30.6 Å². The predicted octanol–water partition coefficient (Wildman–Crippen LogP) is 0.902. The van der Waals surface area contributed by atoms with Gasteiger partial charge in [-0.15, -0.1) is 10.2 Å². The molecule has 128 valence electrons. The fraction of sp³-hybridized carbons (Fsp3) is 0.267. The molecule has 0 spiro atoms. The van der Waals surface area contributed by atoms with Gasteiger partial charge in [0.05, 0.1) is 24.6 Å². The van der Waals surface area contributed by atoms with E-state index in [1.165, 1.54) is 23.0 Å². The Balaban J connectivity index is 1.64. The van der Waals surface area contributed by atoms with Gasteiger partial charge in [0.25, 0.3) is 5.91 Å². The summed E-state index contributed by atoms with van der Waals surface area (Å²) < 4.78 is 14.8. The van der Waals surface area contributed by atoms with Crippen molar-refractivity contribution in [2.75, 3.05) is 29.0 Å². The van der Waals surface area contributed by atoms with Crippen LogP contribution in [0.5, 0.6) is 0 Å². The Morgan fingerprint density at radius 3 is 3.00 bits per heavy atom. The van der Waals surface area contributed by atoms with Crippen LogP contribution in [0.4, 0.5) is 21.7 Å². The summed E-state index contributed by atoms with van der Waals surface area (Å²) in [6.45, 7) is 0.891. The topological polar surface area (TPSA) is 114 Å². The highest BCUT2D eigenvalue weighted by Gasteiger charge is 2.24. The van der Waals surface area contributed by atoms with E-state index in [0.717, 1.165) is 0 Å². The van der Waals surface area contributed by atoms with Crippen molar-refractivity contribution in [1.82, 2.24) is 24.8 Å². The number of hydrogen-bond acceptors (Lipinski definition) is 7. The Morgan fingerprint density at radius 1 is 1.36 bits per heavy atom. The standard InChI is InChI=1S/C15H15FN8O/c16-9-3-4-23(8-9)14-2-1-13-18-7-11(24(13)22-14)15(25)20-12-5-10(17)6-19-21-12/h1-2,5-7,9H,3-4,8H2,(H3,17,20,21,25)/t9-/m0/s1. The van der Waals surface area contributed by atoms with Crippen molar-refractivity contribution in [2.24, 2.45) is 0 Å². The molecule has 3 aromatic heterocycles. The number of imidazole rings is 1. The van der Waals surface area contributed by atoms with E-state index < -0.39 is 12.1 Å². The van der Waals surface area contributed by atoms with E-state index >= 15 is 0 Å². The highest BCUT2D eigenvalue weighted by Crippen LogP contribution is 2.20. The SMILES string of the molecule is Nc1cnnc(NC(=O)c2cnc3ccc(N4CC[C@H](F)C4)nn23)c1. The van der Waals surface area contributed by atoms with E-state index in [0.29, 0.717) is 36.7 Å². The third-order valence-electron chi connectivity index (χ3n) is 3.95. The van der Waals surface area contributed by atoms with Crippen LogP contribution in [0, 0.1) is 0 Å². The molecule has 0 saturated carbocycles. The number of aromatic nitrogens is 5. The molecule has 1 fully saturated rings. The Bertz CT molecular complexity index is 942. The Kier molecular flexibility index (Phi) is 3.64. The number of nitrogen functional groups attached to an aromatic ring is 1. The summed E-state index contributed by atoms with van der Waals surface area (Å²) in [7, 11) is 0. The van der Waals surface area contributed by atoms with Gasteiger partial charge < -0.3 is 16.0 Å². The predicted molar refractivity (Wildman–Crippen MR) is 89.1 cm³/mol. The van der Waals surface area contributed by atoms with Crippen LogP contribution in [-0.2, 0) is 0 Å². The molecule has 4 rings (SSSR count). The molecule has 10 heteroatoms. The number of alkyl halides is 1. The number of nitrogens with zero attached hydrogens (tertiary/aromatic N) is 6. The lowest BCUT2D eigenvalue weighted by molar-refractivity contribution is 0.102. The van der Waals surface area contributed by atoms with Gasteiger partial charge in [0, 0.05) is 12.6 Å². The molecule has 0 aromatic carbocycles. The number of halogens is 1. The fourth-order valence-electron chi connectivity index (χ4n) is 2.74. The van der Waals surface area contributed by atoms with Gasteiger partial charge in [-0.3, -0.25) is 4.79 Å². The molecular formula is C15H15FN8O. The second-order valence-corrected chi connectivity index (χ2v) is 5.77. The molecule has 3 aromatic rings. The van der Waals surface area contributed by atoms with Gasteiger partial charge >= 0.3 is 0 Å². The van der Waals surface area contributed by atoms with Gasteiger partial charge in [0.1, 0.15) is 12.0 Å². The van der Waals surface area contributed by atoms with Crippen molar-refractivity contribution in [1.29, 1.82) is 0 Å². The van der Waals surface area contributed by atoms with Gasteiger partial charge in [0.2, 0.25) is 0 Å². The van der Waals surface area contributed by atoms with Crippen LogP contribution >= 0.6 is 0 Å². The fourth-order valence-corrected chi connectivity index (χ4v) is 2.74. The quantitative estimate of drug-likeness (QED) is 0.727. The Labute approximate surface area is 141 Å². The monoisotopic (exact) mass is 342 g/mol. The summed E-state index contributed by atoms with van der Waals surface area (Å²) >= 11 is 0. The van der Waals surface area contributed by atoms with Crippen molar-refractivity contribution >= 4 is 28.9 Å². The molecule has 9 nitrogen and oxygen atoms in total. The van der Waals surface area contributed by atoms with Gasteiger partial charge in [-0.1, -0.05) is 0 Å². The second-order valence-electron chi connectivity index (χ2n) is 5.77. The maximum absolute atomic E-state index is 13.4. The zero-order valence-electron chi connectivity index (χ0n) is 13.1. The van der Waals surface area contributed by atoms with Crippen LogP contribution in [0.1, 0.15) is 16.9 Å². The van der Waals surface area contributed by atoms with Gasteiger partial charge in [-0.2, -0.15) is 5.10 Å². The first kappa shape index (κ1) is 15.2. The van der Waals surface area contributed by atoms with Gasteiger partial charge in [0.15, 0.2) is 17.2 Å². The van der Waals surface area contributed by atoms with Crippen LogP contribution in [0.3, 0.4) is 0 Å². The van der Waals surface area contributed by atoms with E-state index in [-0.39, 0.29) is 11.5 Å². The summed E-state index contributed by atoms with van der Waals surface area (Å²) in [4.78, 5) is 18.5. The number of fused-ring (bicyclic) bond motifs is 1. The average molecular weight is 342 g/mol. The number of amides is 1. The molecule has 0 bridgehead atoms. The van der Waals surface area contributed by atoms with E-state index in [1.807, 2.05) is 4.90 Å². The summed E-state index contributed by atoms with van der Waals surface area (Å²) in [5, 5.41) is 14.5. The molecule has 1 aliphatic rings. The summed E-state index contributed by atoms with van der Waals surface area (Å²) in [5.41, 5.74) is 6.76. The first-order valence-corrected chi connectivity index (χ1v) is 7.73. The summed E-state index contributed by atoms with van der Waals surface area (Å²) in [6.07, 6.45) is 2.42. The van der Waals surface area contributed by atoms with Crippen LogP contribution < -0.4 is 16.0 Å². The maximum Gasteiger partial charge on any atom is 0.277 e. The Hall–Kier alpha value is -3.30. The molecule has 25 heavy (non-hydrogen) atoms. The van der Waals surface area contributed by atoms with E-state index in [4.69, 9.17) is 5.73 Å². The van der Waals surface area contributed by atoms with Gasteiger partial charge in [-0.25, -0.2) is 13.9 Å². The third kappa shape index (κ3) is 2.93. The molecule has 0 radical (unpaired) electrons. The summed E-state index contributed by atoms with van der Waals surface area (Å²) in [6, 6.07) is 5.01. The number of anilines is 3. The molecule has 0 unspecified atom stereocenters. The molecular weight excluding hydrogens is 327 g/mol. The van der Waals surface area contributed by atoms with Crippen molar-refractivity contribution in [3.8, 4) is 0 Å². The lowest BCUT2D eigenvalue weighted by Crippen LogP contribution is -2.23. The van der Waals surface area contributed by atoms with E-state index in [1.54, 1.807) is 12.1 Å². The average Bonchev–Trinajstić information content (AvgIpc) is 3.20. The maximum atomic E-state index is 13.4. The minimum absolute atomic E-state index is 0.232. The molecule has 0 aliphatic carbocycles. The first-order chi connectivity index (χ1) is 12.1. The highest BCUT2D eigenvalue weighted by atomic mass is 19.1. The smallest absolute Gasteiger partial charge is 0.277 e. The van der Waals surface area contributed by atoms with Crippen LogP contribution in [0.25, 0.3) is 5.65 Å². The lowest BCUT2D eigenvalue weighted by atomic mass is 10.3. The third-order valence-corrected chi connectivity index (χ3v) is 3.95. The molecule has 1 saturated heterocycles. The number of rotatable bonds is 3. The summed E-state index contributed by atoms with van der Waals surface area (Å²) in [5.74, 6) is 0.390. The normalized spacial score (nSPS) is 17.2. The molecule has 4 heterocycles. The zero-order valence-corrected chi connectivity index (χ0v) is 13.1. The number of carbonyl (C=O) groups is 1. The molecule has 1 amide bonds. The van der Waals surface area contributed by atoms with Crippen LogP contribution in [-0.4, -0.2) is 50.0 Å². The Morgan fingerprint density at radius 2 is 2.24 bits per heavy atom. The second kappa shape index (κ2) is 5.96. The number of nitrogens with one attached hydrogen (secondary N) is 1. The minimum atomic E-state index is -0.856.